The number of halogens is 1. The van der Waals surface area contributed by atoms with Gasteiger partial charge >= 0.3 is 0 Å². The smallest absolute Gasteiger partial charge is 0.266 e. The van der Waals surface area contributed by atoms with Crippen molar-refractivity contribution in [1.29, 1.82) is 0 Å². The van der Waals surface area contributed by atoms with Gasteiger partial charge in [-0.05, 0) is 54.1 Å². The summed E-state index contributed by atoms with van der Waals surface area (Å²) in [7, 11) is 0. The molecule has 3 nitrogen and oxygen atoms in total. The fourth-order valence-electron chi connectivity index (χ4n) is 2.37. The monoisotopic (exact) mass is 400 g/mol. The number of benzene rings is 2. The van der Waals surface area contributed by atoms with Gasteiger partial charge in [0.15, 0.2) is 5.17 Å². The van der Waals surface area contributed by atoms with E-state index in [0.717, 1.165) is 27.3 Å². The number of hydrogen-bond acceptors (Lipinski definition) is 3. The molecule has 0 aromatic heterocycles. The van der Waals surface area contributed by atoms with E-state index in [1.807, 2.05) is 60.7 Å². The van der Waals surface area contributed by atoms with Crippen molar-refractivity contribution in [2.75, 3.05) is 6.54 Å². The first kappa shape index (κ1) is 17.0. The number of thioether (sulfide) groups is 1. The van der Waals surface area contributed by atoms with Gasteiger partial charge in [0, 0.05) is 11.0 Å². The van der Waals surface area contributed by atoms with E-state index >= 15 is 0 Å². The second kappa shape index (κ2) is 7.81. The normalized spacial score (nSPS) is 17.9. The quantitative estimate of drug-likeness (QED) is 0.637. The van der Waals surface area contributed by atoms with Crippen LogP contribution in [0.4, 0.5) is 5.69 Å². The summed E-state index contributed by atoms with van der Waals surface area (Å²) < 4.78 is 0.996. The second-order valence-electron chi connectivity index (χ2n) is 5.35. The predicted molar refractivity (Wildman–Crippen MR) is 105 cm³/mol. The number of amidine groups is 1. The van der Waals surface area contributed by atoms with E-state index in [1.54, 1.807) is 4.90 Å². The average Bonchev–Trinajstić information content (AvgIpc) is 2.85. The van der Waals surface area contributed by atoms with E-state index in [1.165, 1.54) is 11.8 Å². The van der Waals surface area contributed by atoms with Crippen molar-refractivity contribution in [3.05, 3.63) is 69.5 Å². The minimum atomic E-state index is 0.0245. The molecule has 3 rings (SSSR count). The lowest BCUT2D eigenvalue weighted by molar-refractivity contribution is -0.122. The molecule has 0 aliphatic carbocycles. The molecule has 2 aromatic carbocycles. The molecule has 1 saturated heterocycles. The molecule has 1 heterocycles. The lowest BCUT2D eigenvalue weighted by Crippen LogP contribution is -2.29. The van der Waals surface area contributed by atoms with E-state index in [0.29, 0.717) is 11.4 Å². The molecule has 0 saturated carbocycles. The molecule has 0 unspecified atom stereocenters. The van der Waals surface area contributed by atoms with Crippen LogP contribution in [0, 0.1) is 0 Å². The summed E-state index contributed by atoms with van der Waals surface area (Å²) in [6.07, 6.45) is 2.82. The van der Waals surface area contributed by atoms with Gasteiger partial charge in [-0.25, -0.2) is 4.99 Å². The zero-order valence-electron chi connectivity index (χ0n) is 13.3. The van der Waals surface area contributed by atoms with Crippen molar-refractivity contribution in [2.45, 2.75) is 13.3 Å². The predicted octanol–water partition coefficient (Wildman–Crippen LogP) is 5.46. The summed E-state index contributed by atoms with van der Waals surface area (Å²) in [5.41, 5.74) is 1.86. The zero-order valence-corrected chi connectivity index (χ0v) is 15.7. The fourth-order valence-corrected chi connectivity index (χ4v) is 3.81. The first-order valence-electron chi connectivity index (χ1n) is 7.78. The highest BCUT2D eigenvalue weighted by atomic mass is 79.9. The lowest BCUT2D eigenvalue weighted by Gasteiger charge is -2.13. The number of hydrogen-bond donors (Lipinski definition) is 0. The highest BCUT2D eigenvalue weighted by molar-refractivity contribution is 9.10. The minimum Gasteiger partial charge on any atom is -0.286 e. The molecule has 24 heavy (non-hydrogen) atoms. The van der Waals surface area contributed by atoms with Crippen LogP contribution in [0.5, 0.6) is 0 Å². The van der Waals surface area contributed by atoms with Crippen LogP contribution in [-0.2, 0) is 4.79 Å². The van der Waals surface area contributed by atoms with Crippen LogP contribution in [0.25, 0.3) is 6.08 Å². The first-order valence-corrected chi connectivity index (χ1v) is 9.39. The number of amides is 1. The highest BCUT2D eigenvalue weighted by Gasteiger charge is 2.32. The standard InChI is InChI=1S/C19H17BrN2OS/c1-2-11-22-18(23)17(13-14-7-6-8-15(20)12-14)24-19(22)21-16-9-4-3-5-10-16/h3-10,12-13H,2,11H2,1H3/b17-13+,21-19?. The zero-order chi connectivity index (χ0) is 16.9. The SMILES string of the molecule is CCCN1C(=O)/C(=C\c2cccc(Br)c2)SC1=Nc1ccccc1. The van der Waals surface area contributed by atoms with E-state index in [4.69, 9.17) is 0 Å². The molecule has 5 heteroatoms. The topological polar surface area (TPSA) is 32.7 Å². The van der Waals surface area contributed by atoms with Gasteiger partial charge in [0.05, 0.1) is 10.6 Å². The lowest BCUT2D eigenvalue weighted by atomic mass is 10.2. The Hall–Kier alpha value is -1.85. The minimum absolute atomic E-state index is 0.0245. The van der Waals surface area contributed by atoms with Crippen LogP contribution in [0.2, 0.25) is 0 Å². The Morgan fingerprint density at radius 3 is 2.67 bits per heavy atom. The Kier molecular flexibility index (Phi) is 5.53. The average molecular weight is 401 g/mol. The third-order valence-corrected chi connectivity index (χ3v) is 4.96. The summed E-state index contributed by atoms with van der Waals surface area (Å²) in [6.45, 7) is 2.74. The molecule has 0 spiro atoms. The van der Waals surface area contributed by atoms with Gasteiger partial charge in [0.25, 0.3) is 5.91 Å². The van der Waals surface area contributed by atoms with Crippen molar-refractivity contribution in [1.82, 2.24) is 4.90 Å². The van der Waals surface area contributed by atoms with Gasteiger partial charge in [-0.15, -0.1) is 0 Å². The molecule has 0 radical (unpaired) electrons. The summed E-state index contributed by atoms with van der Waals surface area (Å²) in [5.74, 6) is 0.0245. The van der Waals surface area contributed by atoms with Gasteiger partial charge in [0.2, 0.25) is 0 Å². The maximum absolute atomic E-state index is 12.7. The number of rotatable bonds is 4. The van der Waals surface area contributed by atoms with Crippen molar-refractivity contribution in [3.63, 3.8) is 0 Å². The summed E-state index contributed by atoms with van der Waals surface area (Å²) in [6, 6.07) is 17.7. The number of para-hydroxylation sites is 1. The van der Waals surface area contributed by atoms with Crippen LogP contribution < -0.4 is 0 Å². The third kappa shape index (κ3) is 3.97. The van der Waals surface area contributed by atoms with Crippen molar-refractivity contribution >= 4 is 50.5 Å². The summed E-state index contributed by atoms with van der Waals surface area (Å²) >= 11 is 4.90. The Labute approximate surface area is 154 Å². The molecule has 1 fully saturated rings. The number of aliphatic imine (C=N–C) groups is 1. The largest absolute Gasteiger partial charge is 0.286 e. The molecule has 1 amide bonds. The second-order valence-corrected chi connectivity index (χ2v) is 7.28. The molecule has 2 aromatic rings. The highest BCUT2D eigenvalue weighted by Crippen LogP contribution is 2.34. The Bertz CT molecular complexity index is 802. The van der Waals surface area contributed by atoms with Crippen LogP contribution >= 0.6 is 27.7 Å². The third-order valence-electron chi connectivity index (χ3n) is 3.46. The van der Waals surface area contributed by atoms with Crippen molar-refractivity contribution in [3.8, 4) is 0 Å². The fraction of sp³-hybridized carbons (Fsp3) is 0.158. The summed E-state index contributed by atoms with van der Waals surface area (Å²) in [4.78, 5) is 19.9. The Morgan fingerprint density at radius 2 is 1.96 bits per heavy atom. The van der Waals surface area contributed by atoms with Gasteiger partial charge in [0.1, 0.15) is 0 Å². The molecule has 122 valence electrons. The van der Waals surface area contributed by atoms with Crippen LogP contribution in [-0.4, -0.2) is 22.5 Å². The summed E-state index contributed by atoms with van der Waals surface area (Å²) in [5, 5.41) is 0.745. The molecule has 0 bridgehead atoms. The van der Waals surface area contributed by atoms with Crippen molar-refractivity contribution in [2.24, 2.45) is 4.99 Å². The van der Waals surface area contributed by atoms with Gasteiger partial charge in [-0.2, -0.15) is 0 Å². The maximum atomic E-state index is 12.7. The molecule has 0 atom stereocenters. The number of carbonyl (C=O) groups is 1. The molecular weight excluding hydrogens is 384 g/mol. The number of nitrogens with zero attached hydrogens (tertiary/aromatic N) is 2. The van der Waals surface area contributed by atoms with Crippen molar-refractivity contribution < 1.29 is 4.79 Å². The van der Waals surface area contributed by atoms with E-state index in [-0.39, 0.29) is 5.91 Å². The maximum Gasteiger partial charge on any atom is 0.266 e. The number of carbonyl (C=O) groups excluding carboxylic acids is 1. The van der Waals surface area contributed by atoms with E-state index in [9.17, 15) is 4.79 Å². The Morgan fingerprint density at radius 1 is 1.17 bits per heavy atom. The Balaban J connectivity index is 1.94. The molecule has 1 aliphatic rings. The molecular formula is C19H17BrN2OS. The molecule has 0 N–H and O–H groups in total. The first-order chi connectivity index (χ1) is 11.7. The van der Waals surface area contributed by atoms with Gasteiger partial charge in [-0.3, -0.25) is 9.69 Å². The molecule has 1 aliphatic heterocycles. The van der Waals surface area contributed by atoms with Crippen LogP contribution in [0.3, 0.4) is 0 Å². The van der Waals surface area contributed by atoms with Gasteiger partial charge in [-0.1, -0.05) is 53.2 Å². The van der Waals surface area contributed by atoms with E-state index < -0.39 is 0 Å². The van der Waals surface area contributed by atoms with Gasteiger partial charge < -0.3 is 0 Å². The van der Waals surface area contributed by atoms with Crippen LogP contribution in [0.1, 0.15) is 18.9 Å². The van der Waals surface area contributed by atoms with E-state index in [2.05, 4.69) is 27.8 Å². The van der Waals surface area contributed by atoms with Crippen LogP contribution in [0.15, 0.2) is 69.0 Å².